The summed E-state index contributed by atoms with van der Waals surface area (Å²) in [6, 6.07) is 0. The fourth-order valence-electron chi connectivity index (χ4n) is 1.67. The minimum atomic E-state index is 0.250. The fourth-order valence-corrected chi connectivity index (χ4v) is 1.67. The molecule has 0 aliphatic carbocycles. The Morgan fingerprint density at radius 1 is 0.647 bits per heavy atom. The molecule has 0 aromatic heterocycles. The number of hydrogen-bond acceptors (Lipinski definition) is 3. The Labute approximate surface area is 107 Å². The predicted octanol–water partition coefficient (Wildman–Crippen LogP) is 2.84. The Balaban J connectivity index is 0. The van der Waals surface area contributed by atoms with Crippen molar-refractivity contribution in [3.05, 3.63) is 0 Å². The van der Waals surface area contributed by atoms with Crippen molar-refractivity contribution < 1.29 is 10.2 Å². The molecule has 0 saturated heterocycles. The average Bonchev–Trinajstić information content (AvgIpc) is 2.33. The zero-order chi connectivity index (χ0) is 13.2. The third-order valence-electron chi connectivity index (χ3n) is 2.61. The van der Waals surface area contributed by atoms with E-state index in [1.807, 2.05) is 0 Å². The SMILES string of the molecule is CCO.NCCCCCCCCCCCCO. The van der Waals surface area contributed by atoms with Crippen molar-refractivity contribution in [1.82, 2.24) is 0 Å². The second kappa shape index (κ2) is 21.2. The van der Waals surface area contributed by atoms with Gasteiger partial charge in [-0.1, -0.05) is 51.4 Å². The number of unbranched alkanes of at least 4 members (excludes halogenated alkanes) is 9. The molecule has 0 aromatic rings. The van der Waals surface area contributed by atoms with Crippen LogP contribution in [0, 0.1) is 0 Å². The first-order valence-electron chi connectivity index (χ1n) is 7.25. The van der Waals surface area contributed by atoms with Crippen LogP contribution in [-0.4, -0.2) is 30.0 Å². The van der Waals surface area contributed by atoms with Crippen molar-refractivity contribution in [3.63, 3.8) is 0 Å². The van der Waals surface area contributed by atoms with Gasteiger partial charge in [-0.15, -0.1) is 0 Å². The van der Waals surface area contributed by atoms with Crippen molar-refractivity contribution in [2.45, 2.75) is 71.1 Å². The predicted molar refractivity (Wildman–Crippen MR) is 75.1 cm³/mol. The van der Waals surface area contributed by atoms with E-state index in [2.05, 4.69) is 0 Å². The van der Waals surface area contributed by atoms with Crippen molar-refractivity contribution in [1.29, 1.82) is 0 Å². The molecular formula is C14H33NO2. The molecule has 0 rings (SSSR count). The number of aliphatic hydroxyl groups excluding tert-OH is 2. The number of rotatable bonds is 11. The van der Waals surface area contributed by atoms with Gasteiger partial charge in [0.1, 0.15) is 0 Å². The van der Waals surface area contributed by atoms with Crippen molar-refractivity contribution in [2.75, 3.05) is 19.8 Å². The van der Waals surface area contributed by atoms with Gasteiger partial charge < -0.3 is 15.9 Å². The van der Waals surface area contributed by atoms with Crippen LogP contribution in [0.5, 0.6) is 0 Å². The maximum Gasteiger partial charge on any atom is 0.0431 e. The highest BCUT2D eigenvalue weighted by molar-refractivity contribution is 4.47. The topological polar surface area (TPSA) is 66.5 Å². The molecule has 0 radical (unpaired) electrons. The molecule has 0 aromatic carbocycles. The molecule has 0 heterocycles. The van der Waals surface area contributed by atoms with Gasteiger partial charge in [0.05, 0.1) is 0 Å². The first-order valence-corrected chi connectivity index (χ1v) is 7.25. The maximum atomic E-state index is 8.58. The van der Waals surface area contributed by atoms with Crippen LogP contribution >= 0.6 is 0 Å². The molecule has 0 amide bonds. The maximum absolute atomic E-state index is 8.58. The van der Waals surface area contributed by atoms with Crippen molar-refractivity contribution in [3.8, 4) is 0 Å². The van der Waals surface area contributed by atoms with Crippen LogP contribution in [0.25, 0.3) is 0 Å². The highest BCUT2D eigenvalue weighted by atomic mass is 16.3. The minimum absolute atomic E-state index is 0.250. The highest BCUT2D eigenvalue weighted by Crippen LogP contribution is 2.09. The van der Waals surface area contributed by atoms with Gasteiger partial charge in [-0.3, -0.25) is 0 Å². The van der Waals surface area contributed by atoms with Gasteiger partial charge >= 0.3 is 0 Å². The summed E-state index contributed by atoms with van der Waals surface area (Å²) < 4.78 is 0. The summed E-state index contributed by atoms with van der Waals surface area (Å²) in [4.78, 5) is 0. The van der Waals surface area contributed by atoms with E-state index in [0.717, 1.165) is 13.0 Å². The van der Waals surface area contributed by atoms with E-state index in [0.29, 0.717) is 6.61 Å². The van der Waals surface area contributed by atoms with E-state index >= 15 is 0 Å². The Bertz CT molecular complexity index is 98.4. The quantitative estimate of drug-likeness (QED) is 0.492. The molecule has 0 aliphatic rings. The molecule has 106 valence electrons. The van der Waals surface area contributed by atoms with Crippen LogP contribution in [0.2, 0.25) is 0 Å². The van der Waals surface area contributed by atoms with Gasteiger partial charge in [0.25, 0.3) is 0 Å². The third kappa shape index (κ3) is 25.8. The summed E-state index contributed by atoms with van der Waals surface area (Å²) in [6.45, 7) is 3.14. The molecule has 3 heteroatoms. The lowest BCUT2D eigenvalue weighted by Gasteiger charge is -2.01. The molecule has 0 atom stereocenters. The Hall–Kier alpha value is -0.120. The Kier molecular flexibility index (Phi) is 24.0. The molecule has 0 unspecified atom stereocenters. The van der Waals surface area contributed by atoms with Gasteiger partial charge in [0, 0.05) is 13.2 Å². The summed E-state index contributed by atoms with van der Waals surface area (Å²) in [7, 11) is 0. The van der Waals surface area contributed by atoms with Crippen LogP contribution in [-0.2, 0) is 0 Å². The van der Waals surface area contributed by atoms with E-state index in [9.17, 15) is 0 Å². The lowest BCUT2D eigenvalue weighted by molar-refractivity contribution is 0.282. The van der Waals surface area contributed by atoms with Crippen LogP contribution < -0.4 is 5.73 Å². The summed E-state index contributed by atoms with van der Waals surface area (Å²) in [5.41, 5.74) is 5.42. The van der Waals surface area contributed by atoms with Gasteiger partial charge in [-0.2, -0.15) is 0 Å². The van der Waals surface area contributed by atoms with Gasteiger partial charge in [0.2, 0.25) is 0 Å². The zero-order valence-corrected chi connectivity index (χ0v) is 11.7. The lowest BCUT2D eigenvalue weighted by Crippen LogP contribution is -1.97. The number of nitrogens with two attached hydrogens (primary N) is 1. The van der Waals surface area contributed by atoms with Crippen LogP contribution in [0.4, 0.5) is 0 Å². The van der Waals surface area contributed by atoms with Crippen molar-refractivity contribution >= 4 is 0 Å². The van der Waals surface area contributed by atoms with E-state index in [-0.39, 0.29) is 6.61 Å². The molecule has 17 heavy (non-hydrogen) atoms. The number of aliphatic hydroxyl groups is 2. The summed E-state index contributed by atoms with van der Waals surface area (Å²) >= 11 is 0. The molecule has 0 saturated carbocycles. The van der Waals surface area contributed by atoms with Crippen molar-refractivity contribution in [2.24, 2.45) is 5.73 Å². The standard InChI is InChI=1S/C12H27NO.C2H6O/c13-11-9-7-5-3-1-2-4-6-8-10-12-14;1-2-3/h14H,1-13H2;3H,2H2,1H3. The first-order chi connectivity index (χ1) is 8.33. The second-order valence-electron chi connectivity index (χ2n) is 4.36. The largest absolute Gasteiger partial charge is 0.397 e. The fraction of sp³-hybridized carbons (Fsp3) is 1.00. The lowest BCUT2D eigenvalue weighted by atomic mass is 10.1. The normalized spacial score (nSPS) is 9.88. The first kappa shape index (κ1) is 19.2. The van der Waals surface area contributed by atoms with E-state index in [1.54, 1.807) is 6.92 Å². The molecular weight excluding hydrogens is 214 g/mol. The third-order valence-corrected chi connectivity index (χ3v) is 2.61. The highest BCUT2D eigenvalue weighted by Gasteiger charge is 1.91. The molecule has 0 fully saturated rings. The Morgan fingerprint density at radius 3 is 1.24 bits per heavy atom. The zero-order valence-electron chi connectivity index (χ0n) is 11.7. The van der Waals surface area contributed by atoms with Gasteiger partial charge in [-0.25, -0.2) is 0 Å². The van der Waals surface area contributed by atoms with Gasteiger partial charge in [-0.05, 0) is 26.3 Å². The minimum Gasteiger partial charge on any atom is -0.397 e. The average molecular weight is 247 g/mol. The molecule has 4 N–H and O–H groups in total. The van der Waals surface area contributed by atoms with Crippen LogP contribution in [0.1, 0.15) is 71.1 Å². The molecule has 0 bridgehead atoms. The summed E-state index contributed by atoms with van der Waals surface area (Å²) in [6.07, 6.45) is 12.8. The van der Waals surface area contributed by atoms with E-state index < -0.39 is 0 Å². The number of hydrogen-bond donors (Lipinski definition) is 3. The van der Waals surface area contributed by atoms with E-state index in [4.69, 9.17) is 15.9 Å². The van der Waals surface area contributed by atoms with Crippen LogP contribution in [0.3, 0.4) is 0 Å². The summed E-state index contributed by atoms with van der Waals surface area (Å²) in [5, 5.41) is 16.1. The smallest absolute Gasteiger partial charge is 0.0431 e. The monoisotopic (exact) mass is 247 g/mol. The molecule has 3 nitrogen and oxygen atoms in total. The Morgan fingerprint density at radius 2 is 0.941 bits per heavy atom. The summed E-state index contributed by atoms with van der Waals surface area (Å²) in [5.74, 6) is 0. The molecule has 0 aliphatic heterocycles. The molecule has 0 spiro atoms. The van der Waals surface area contributed by atoms with E-state index in [1.165, 1.54) is 57.8 Å². The van der Waals surface area contributed by atoms with Crippen LogP contribution in [0.15, 0.2) is 0 Å². The van der Waals surface area contributed by atoms with Gasteiger partial charge in [0.15, 0.2) is 0 Å². The second-order valence-corrected chi connectivity index (χ2v) is 4.36.